The number of allylic oxidation sites excluding steroid dienone is 1. The molecule has 102 valence electrons. The SMILES string of the molecule is C=CCC1(CC=O)CCC(c2ccc(C)cc2)CC1. The lowest BCUT2D eigenvalue weighted by Gasteiger charge is -2.39. The summed E-state index contributed by atoms with van der Waals surface area (Å²) in [6, 6.07) is 8.93. The van der Waals surface area contributed by atoms with Crippen molar-refractivity contribution in [3.63, 3.8) is 0 Å². The zero-order valence-corrected chi connectivity index (χ0v) is 11.9. The molecule has 0 bridgehead atoms. The van der Waals surface area contributed by atoms with Gasteiger partial charge in [-0.1, -0.05) is 35.9 Å². The summed E-state index contributed by atoms with van der Waals surface area (Å²) in [7, 11) is 0. The Morgan fingerprint density at radius 3 is 2.37 bits per heavy atom. The second-order valence-electron chi connectivity index (χ2n) is 6.05. The van der Waals surface area contributed by atoms with Crippen LogP contribution in [0.3, 0.4) is 0 Å². The largest absolute Gasteiger partial charge is 0.303 e. The van der Waals surface area contributed by atoms with Crippen LogP contribution in [0.5, 0.6) is 0 Å². The molecular formula is C18H24O. The molecule has 0 aromatic heterocycles. The molecule has 0 aliphatic heterocycles. The summed E-state index contributed by atoms with van der Waals surface area (Å²) in [6.07, 6.45) is 9.44. The fourth-order valence-electron chi connectivity index (χ4n) is 3.38. The summed E-state index contributed by atoms with van der Waals surface area (Å²) in [4.78, 5) is 10.9. The highest BCUT2D eigenvalue weighted by Crippen LogP contribution is 2.46. The van der Waals surface area contributed by atoms with Gasteiger partial charge in [-0.05, 0) is 55.9 Å². The van der Waals surface area contributed by atoms with E-state index in [9.17, 15) is 4.79 Å². The Kier molecular flexibility index (Phi) is 4.57. The molecule has 0 spiro atoms. The van der Waals surface area contributed by atoms with Crippen LogP contribution in [0.25, 0.3) is 0 Å². The first kappa shape index (κ1) is 14.0. The van der Waals surface area contributed by atoms with Crippen molar-refractivity contribution in [1.29, 1.82) is 0 Å². The Morgan fingerprint density at radius 2 is 1.84 bits per heavy atom. The van der Waals surface area contributed by atoms with E-state index in [-0.39, 0.29) is 5.41 Å². The smallest absolute Gasteiger partial charge is 0.120 e. The Balaban J connectivity index is 2.02. The Morgan fingerprint density at radius 1 is 1.21 bits per heavy atom. The molecule has 0 amide bonds. The van der Waals surface area contributed by atoms with Crippen LogP contribution in [-0.2, 0) is 4.79 Å². The molecule has 0 unspecified atom stereocenters. The fourth-order valence-corrected chi connectivity index (χ4v) is 3.38. The minimum Gasteiger partial charge on any atom is -0.303 e. The van der Waals surface area contributed by atoms with Crippen LogP contribution < -0.4 is 0 Å². The number of hydrogen-bond donors (Lipinski definition) is 0. The minimum absolute atomic E-state index is 0.199. The number of carbonyl (C=O) groups is 1. The van der Waals surface area contributed by atoms with Crippen LogP contribution in [0.1, 0.15) is 55.6 Å². The van der Waals surface area contributed by atoms with Gasteiger partial charge in [-0.15, -0.1) is 6.58 Å². The Labute approximate surface area is 116 Å². The first-order valence-corrected chi connectivity index (χ1v) is 7.30. The molecular weight excluding hydrogens is 232 g/mol. The van der Waals surface area contributed by atoms with Crippen molar-refractivity contribution >= 4 is 6.29 Å². The van der Waals surface area contributed by atoms with Gasteiger partial charge in [0.25, 0.3) is 0 Å². The van der Waals surface area contributed by atoms with Crippen molar-refractivity contribution in [2.45, 2.75) is 51.4 Å². The summed E-state index contributed by atoms with van der Waals surface area (Å²) in [6.45, 7) is 5.98. The zero-order chi connectivity index (χ0) is 13.7. The van der Waals surface area contributed by atoms with Crippen molar-refractivity contribution < 1.29 is 4.79 Å². The van der Waals surface area contributed by atoms with E-state index in [4.69, 9.17) is 0 Å². The van der Waals surface area contributed by atoms with Crippen LogP contribution >= 0.6 is 0 Å². The van der Waals surface area contributed by atoms with E-state index in [1.807, 2.05) is 6.08 Å². The van der Waals surface area contributed by atoms with E-state index in [1.165, 1.54) is 24.0 Å². The van der Waals surface area contributed by atoms with Crippen molar-refractivity contribution in [1.82, 2.24) is 0 Å². The number of aryl methyl sites for hydroxylation is 1. The number of rotatable bonds is 5. The number of benzene rings is 1. The van der Waals surface area contributed by atoms with Gasteiger partial charge in [0.15, 0.2) is 0 Å². The van der Waals surface area contributed by atoms with Crippen molar-refractivity contribution in [2.24, 2.45) is 5.41 Å². The van der Waals surface area contributed by atoms with E-state index in [0.717, 1.165) is 25.5 Å². The molecule has 1 aliphatic carbocycles. The molecule has 0 N–H and O–H groups in total. The predicted molar refractivity (Wildman–Crippen MR) is 80.3 cm³/mol. The lowest BCUT2D eigenvalue weighted by atomic mass is 9.66. The summed E-state index contributed by atoms with van der Waals surface area (Å²) in [5, 5.41) is 0. The summed E-state index contributed by atoms with van der Waals surface area (Å²) < 4.78 is 0. The molecule has 0 atom stereocenters. The second kappa shape index (κ2) is 6.18. The molecule has 1 aromatic carbocycles. The monoisotopic (exact) mass is 256 g/mol. The van der Waals surface area contributed by atoms with Gasteiger partial charge >= 0.3 is 0 Å². The molecule has 0 heterocycles. The Bertz CT molecular complexity index is 410. The first-order chi connectivity index (χ1) is 9.19. The van der Waals surface area contributed by atoms with Gasteiger partial charge < -0.3 is 4.79 Å². The van der Waals surface area contributed by atoms with E-state index in [0.29, 0.717) is 12.3 Å². The highest BCUT2D eigenvalue weighted by Gasteiger charge is 2.34. The average molecular weight is 256 g/mol. The van der Waals surface area contributed by atoms with Gasteiger partial charge in [0, 0.05) is 6.42 Å². The van der Waals surface area contributed by atoms with E-state index in [2.05, 4.69) is 37.8 Å². The molecule has 19 heavy (non-hydrogen) atoms. The lowest BCUT2D eigenvalue weighted by molar-refractivity contribution is -0.110. The summed E-state index contributed by atoms with van der Waals surface area (Å²) >= 11 is 0. The molecule has 0 radical (unpaired) electrons. The van der Waals surface area contributed by atoms with Gasteiger partial charge in [-0.3, -0.25) is 0 Å². The van der Waals surface area contributed by atoms with Gasteiger partial charge in [0.2, 0.25) is 0 Å². The third-order valence-corrected chi connectivity index (χ3v) is 4.69. The summed E-state index contributed by atoms with van der Waals surface area (Å²) in [5.41, 5.74) is 2.98. The number of hydrogen-bond acceptors (Lipinski definition) is 1. The maximum atomic E-state index is 10.9. The number of carbonyl (C=O) groups excluding carboxylic acids is 1. The average Bonchev–Trinajstić information content (AvgIpc) is 2.41. The molecule has 0 saturated heterocycles. The van der Waals surface area contributed by atoms with Crippen molar-refractivity contribution in [2.75, 3.05) is 0 Å². The highest BCUT2D eigenvalue weighted by molar-refractivity contribution is 5.51. The topological polar surface area (TPSA) is 17.1 Å². The molecule has 2 rings (SSSR count). The quantitative estimate of drug-likeness (QED) is 0.546. The fraction of sp³-hybridized carbons (Fsp3) is 0.500. The molecule has 1 aliphatic rings. The van der Waals surface area contributed by atoms with Gasteiger partial charge in [0.05, 0.1) is 0 Å². The molecule has 1 heteroatoms. The van der Waals surface area contributed by atoms with Crippen LogP contribution in [0.2, 0.25) is 0 Å². The van der Waals surface area contributed by atoms with Crippen LogP contribution in [0, 0.1) is 12.3 Å². The van der Waals surface area contributed by atoms with Crippen molar-refractivity contribution in [3.05, 3.63) is 48.0 Å². The normalized spacial score (nSPS) is 26.9. The lowest BCUT2D eigenvalue weighted by Crippen LogP contribution is -2.27. The third-order valence-electron chi connectivity index (χ3n) is 4.69. The van der Waals surface area contributed by atoms with Gasteiger partial charge in [-0.2, -0.15) is 0 Å². The molecule has 1 saturated carbocycles. The third kappa shape index (κ3) is 3.34. The maximum Gasteiger partial charge on any atom is 0.120 e. The van der Waals surface area contributed by atoms with E-state index >= 15 is 0 Å². The van der Waals surface area contributed by atoms with Gasteiger partial charge in [-0.25, -0.2) is 0 Å². The first-order valence-electron chi connectivity index (χ1n) is 7.30. The van der Waals surface area contributed by atoms with Crippen LogP contribution in [-0.4, -0.2) is 6.29 Å². The highest BCUT2D eigenvalue weighted by atomic mass is 16.1. The Hall–Kier alpha value is -1.37. The van der Waals surface area contributed by atoms with Crippen LogP contribution in [0.4, 0.5) is 0 Å². The molecule has 1 fully saturated rings. The standard InChI is InChI=1S/C18H24O/c1-3-10-18(13-14-19)11-8-17(9-12-18)16-6-4-15(2)5-7-16/h3-7,14,17H,1,8-13H2,2H3. The minimum atomic E-state index is 0.199. The number of aldehydes is 1. The van der Waals surface area contributed by atoms with Gasteiger partial charge in [0.1, 0.15) is 6.29 Å². The summed E-state index contributed by atoms with van der Waals surface area (Å²) in [5.74, 6) is 0.671. The predicted octanol–water partition coefficient (Wildman–Crippen LogP) is 4.80. The molecule has 1 nitrogen and oxygen atoms in total. The van der Waals surface area contributed by atoms with Crippen LogP contribution in [0.15, 0.2) is 36.9 Å². The van der Waals surface area contributed by atoms with E-state index in [1.54, 1.807) is 0 Å². The van der Waals surface area contributed by atoms with E-state index < -0.39 is 0 Å². The molecule has 1 aromatic rings. The van der Waals surface area contributed by atoms with Crippen molar-refractivity contribution in [3.8, 4) is 0 Å². The zero-order valence-electron chi connectivity index (χ0n) is 11.9. The maximum absolute atomic E-state index is 10.9. The second-order valence-corrected chi connectivity index (χ2v) is 6.05.